The van der Waals surface area contributed by atoms with Gasteiger partial charge in [-0.25, -0.2) is 4.79 Å². The topological polar surface area (TPSA) is 187 Å². The van der Waals surface area contributed by atoms with E-state index < -0.39 is 59.4 Å². The van der Waals surface area contributed by atoms with Gasteiger partial charge < -0.3 is 44.5 Å². The first-order valence-electron chi connectivity index (χ1n) is 9.36. The van der Waals surface area contributed by atoms with Gasteiger partial charge in [0.25, 0.3) is 0 Å². The summed E-state index contributed by atoms with van der Waals surface area (Å²) < 4.78 is 16.0. The molecule has 2 heterocycles. The standard InChI is InChI=1S/C21H18O11/c22-9-6-10(8-4-2-1-3-5-8)30-11-7-12(14(23)15(24)13(9)11)31-21-18(27)16(25)17(26)19(32-21)20(28)29/h1-7,16-19,21,23-27H,(H,28,29)/t16-,17-,18-,19+,21+/m0/s1. The summed E-state index contributed by atoms with van der Waals surface area (Å²) in [6.45, 7) is 0. The van der Waals surface area contributed by atoms with Gasteiger partial charge >= 0.3 is 5.97 Å². The highest BCUT2D eigenvalue weighted by Gasteiger charge is 2.48. The number of hydrogen-bond donors (Lipinski definition) is 6. The molecule has 1 aliphatic heterocycles. The van der Waals surface area contributed by atoms with Crippen LogP contribution in [0.15, 0.2) is 51.7 Å². The number of aromatic hydroxyl groups is 2. The van der Waals surface area contributed by atoms with E-state index in [9.17, 15) is 35.1 Å². The number of ether oxygens (including phenoxy) is 2. The number of carbonyl (C=O) groups is 1. The van der Waals surface area contributed by atoms with E-state index in [0.717, 1.165) is 12.1 Å². The summed E-state index contributed by atoms with van der Waals surface area (Å²) in [7, 11) is 0. The molecule has 11 heteroatoms. The Hall–Kier alpha value is -3.64. The van der Waals surface area contributed by atoms with Crippen LogP contribution in [0, 0.1) is 0 Å². The van der Waals surface area contributed by atoms with E-state index in [1.165, 1.54) is 0 Å². The molecule has 1 fully saturated rings. The normalized spacial score (nSPS) is 25.5. The lowest BCUT2D eigenvalue weighted by molar-refractivity contribution is -0.271. The van der Waals surface area contributed by atoms with Crippen LogP contribution in [0.25, 0.3) is 22.3 Å². The van der Waals surface area contributed by atoms with Crippen molar-refractivity contribution in [2.45, 2.75) is 30.7 Å². The van der Waals surface area contributed by atoms with Crippen molar-refractivity contribution in [2.75, 3.05) is 0 Å². The Kier molecular flexibility index (Phi) is 5.48. The third kappa shape index (κ3) is 3.63. The van der Waals surface area contributed by atoms with Gasteiger partial charge in [0.05, 0.1) is 0 Å². The summed E-state index contributed by atoms with van der Waals surface area (Å²) in [6, 6.07) is 10.8. The maximum absolute atomic E-state index is 12.5. The lowest BCUT2D eigenvalue weighted by Crippen LogP contribution is -2.61. The van der Waals surface area contributed by atoms with Gasteiger partial charge in [-0.15, -0.1) is 0 Å². The fraction of sp³-hybridized carbons (Fsp3) is 0.238. The molecule has 1 saturated heterocycles. The molecule has 4 rings (SSSR count). The smallest absolute Gasteiger partial charge is 0.335 e. The first kappa shape index (κ1) is 21.6. The van der Waals surface area contributed by atoms with Gasteiger partial charge in [-0.3, -0.25) is 4.79 Å². The highest BCUT2D eigenvalue weighted by Crippen LogP contribution is 2.42. The molecule has 11 nitrogen and oxygen atoms in total. The molecule has 5 atom stereocenters. The van der Waals surface area contributed by atoms with Crippen molar-refractivity contribution in [3.63, 3.8) is 0 Å². The molecule has 0 aliphatic carbocycles. The van der Waals surface area contributed by atoms with Crippen molar-refractivity contribution in [2.24, 2.45) is 0 Å². The maximum Gasteiger partial charge on any atom is 0.335 e. The number of aliphatic hydroxyl groups is 3. The Morgan fingerprint density at radius 3 is 2.28 bits per heavy atom. The van der Waals surface area contributed by atoms with Crippen LogP contribution in [0.4, 0.5) is 0 Å². The van der Waals surface area contributed by atoms with E-state index >= 15 is 0 Å². The van der Waals surface area contributed by atoms with Crippen LogP contribution in [0.1, 0.15) is 0 Å². The molecular formula is C21H18O11. The fourth-order valence-electron chi connectivity index (χ4n) is 3.38. The van der Waals surface area contributed by atoms with Gasteiger partial charge in [0.2, 0.25) is 12.0 Å². The number of fused-ring (bicyclic) bond motifs is 1. The number of phenols is 2. The molecule has 0 bridgehead atoms. The summed E-state index contributed by atoms with van der Waals surface area (Å²) in [4.78, 5) is 23.8. The van der Waals surface area contributed by atoms with Crippen LogP contribution >= 0.6 is 0 Å². The molecule has 168 valence electrons. The van der Waals surface area contributed by atoms with Gasteiger partial charge in [-0.1, -0.05) is 30.3 Å². The molecule has 1 aromatic heterocycles. The van der Waals surface area contributed by atoms with E-state index in [1.807, 2.05) is 0 Å². The Balaban J connectivity index is 1.77. The van der Waals surface area contributed by atoms with Crippen LogP contribution < -0.4 is 10.2 Å². The quantitative estimate of drug-likeness (QED) is 0.299. The zero-order valence-electron chi connectivity index (χ0n) is 16.2. The number of aliphatic carboxylic acids is 1. The van der Waals surface area contributed by atoms with Gasteiger partial charge in [0.1, 0.15) is 35.0 Å². The summed E-state index contributed by atoms with van der Waals surface area (Å²) in [5.41, 5.74) is -0.265. The molecule has 0 spiro atoms. The van der Waals surface area contributed by atoms with Crippen molar-refractivity contribution < 1.29 is 49.3 Å². The minimum absolute atomic E-state index is 0.164. The SMILES string of the molecule is O=C(O)[C@@H]1O[C@@H](Oc2cc3oc(-c4ccccc4)cc(=O)c3c(O)c2O)[C@@H](O)[C@@H](O)[C@@H]1O. The first-order valence-corrected chi connectivity index (χ1v) is 9.36. The van der Waals surface area contributed by atoms with Crippen LogP contribution in [0.2, 0.25) is 0 Å². The molecule has 3 aromatic rings. The monoisotopic (exact) mass is 446 g/mol. The number of benzene rings is 2. The Morgan fingerprint density at radius 2 is 1.62 bits per heavy atom. The van der Waals surface area contributed by atoms with Crippen LogP contribution in [0.3, 0.4) is 0 Å². The second-order valence-corrected chi connectivity index (χ2v) is 7.14. The van der Waals surface area contributed by atoms with Crippen molar-refractivity contribution in [1.82, 2.24) is 0 Å². The zero-order chi connectivity index (χ0) is 23.2. The van der Waals surface area contributed by atoms with Gasteiger partial charge in [-0.2, -0.15) is 0 Å². The highest BCUT2D eigenvalue weighted by atomic mass is 16.7. The minimum atomic E-state index is -1.94. The third-order valence-corrected chi connectivity index (χ3v) is 5.05. The van der Waals surface area contributed by atoms with Crippen molar-refractivity contribution in [1.29, 1.82) is 0 Å². The van der Waals surface area contributed by atoms with E-state index in [1.54, 1.807) is 30.3 Å². The first-order chi connectivity index (χ1) is 15.2. The summed E-state index contributed by atoms with van der Waals surface area (Å²) in [5, 5.41) is 59.2. The molecular weight excluding hydrogens is 428 g/mol. The molecule has 6 N–H and O–H groups in total. The second-order valence-electron chi connectivity index (χ2n) is 7.14. The van der Waals surface area contributed by atoms with Crippen LogP contribution in [0.5, 0.6) is 17.2 Å². The number of hydrogen-bond acceptors (Lipinski definition) is 10. The second kappa shape index (κ2) is 8.13. The van der Waals surface area contributed by atoms with E-state index in [0.29, 0.717) is 5.56 Å². The van der Waals surface area contributed by atoms with Crippen molar-refractivity contribution in [3.8, 4) is 28.6 Å². The molecule has 0 unspecified atom stereocenters. The molecule has 1 aliphatic rings. The average molecular weight is 446 g/mol. The predicted octanol–water partition coefficient (Wildman–Crippen LogP) is 0.142. The van der Waals surface area contributed by atoms with Crippen molar-refractivity contribution >= 4 is 16.9 Å². The van der Waals surface area contributed by atoms with Gasteiger partial charge in [-0.05, 0) is 0 Å². The number of aliphatic hydroxyl groups excluding tert-OH is 3. The lowest BCUT2D eigenvalue weighted by Gasteiger charge is -2.38. The molecule has 0 saturated carbocycles. The molecule has 0 radical (unpaired) electrons. The molecule has 32 heavy (non-hydrogen) atoms. The largest absolute Gasteiger partial charge is 0.504 e. The zero-order valence-corrected chi connectivity index (χ0v) is 16.2. The van der Waals surface area contributed by atoms with E-state index in [-0.39, 0.29) is 16.7 Å². The average Bonchev–Trinajstić information content (AvgIpc) is 2.77. The summed E-state index contributed by atoms with van der Waals surface area (Å²) in [5.74, 6) is -3.76. The highest BCUT2D eigenvalue weighted by molar-refractivity contribution is 5.89. The Labute approximate surface area is 178 Å². The number of carboxylic acids is 1. The van der Waals surface area contributed by atoms with Crippen molar-refractivity contribution in [3.05, 3.63) is 52.7 Å². The Bertz CT molecular complexity index is 1220. The molecule has 2 aromatic carbocycles. The summed E-state index contributed by atoms with van der Waals surface area (Å²) in [6.07, 6.45) is -9.56. The third-order valence-electron chi connectivity index (χ3n) is 5.05. The Morgan fingerprint density at radius 1 is 0.938 bits per heavy atom. The number of phenolic OH excluding ortho intramolecular Hbond substituents is 2. The summed E-state index contributed by atoms with van der Waals surface area (Å²) >= 11 is 0. The van der Waals surface area contributed by atoms with E-state index in [2.05, 4.69) is 0 Å². The predicted molar refractivity (Wildman–Crippen MR) is 106 cm³/mol. The van der Waals surface area contributed by atoms with Crippen LogP contribution in [-0.2, 0) is 9.53 Å². The molecule has 0 amide bonds. The minimum Gasteiger partial charge on any atom is -0.504 e. The number of carboxylic acid groups (broad SMARTS) is 1. The maximum atomic E-state index is 12.5. The number of rotatable bonds is 4. The fourth-order valence-corrected chi connectivity index (χ4v) is 3.38. The lowest BCUT2D eigenvalue weighted by atomic mass is 9.99. The van der Waals surface area contributed by atoms with Gasteiger partial charge in [0, 0.05) is 17.7 Å². The van der Waals surface area contributed by atoms with Gasteiger partial charge in [0.15, 0.2) is 23.0 Å². The van der Waals surface area contributed by atoms with E-state index in [4.69, 9.17) is 19.0 Å². The van der Waals surface area contributed by atoms with Crippen LogP contribution in [-0.4, -0.2) is 67.3 Å².